The first-order valence-corrected chi connectivity index (χ1v) is 24.3. The number of cyclic esters (lactones) is 1. The number of nitrogens with one attached hydrogen (secondary N) is 2. The Morgan fingerprint density at radius 1 is 0.766 bits per heavy atom. The number of nitrogens with zero attached hydrogens (tertiary/aromatic N) is 3. The van der Waals surface area contributed by atoms with E-state index in [1.165, 1.54) is 67.0 Å². The van der Waals surface area contributed by atoms with Gasteiger partial charge in [0.25, 0.3) is 27.4 Å². The monoisotopic (exact) mass is 951 g/mol. The number of sulfonamides is 1. The Morgan fingerprint density at radius 3 is 2.11 bits per heavy atom. The number of unbranched alkanes of at least 4 members (excludes halogenated alkanes) is 10. The molecule has 2 unspecified atom stereocenters. The molecule has 0 saturated carbocycles. The van der Waals surface area contributed by atoms with E-state index >= 15 is 4.79 Å². The molecule has 4 aromatic carbocycles. The first-order valence-electron chi connectivity index (χ1n) is 21.7. The van der Waals surface area contributed by atoms with Crippen LogP contribution < -0.4 is 20.3 Å². The SMILES string of the molecule is CCCCCCCCCCCCOc1ccc(S(=O)(=O)Nc2cc(Cl)c(Cl)cc2Cl)cc1NC(=O)C(c1nc2ccccc2c(=O)n1-c1ccccc1)N1C(=O)OC(CCCC)C1=O. The summed E-state index contributed by atoms with van der Waals surface area (Å²) < 4.78 is 43.2. The third kappa shape index (κ3) is 11.7. The van der Waals surface area contributed by atoms with Crippen LogP contribution in [0.15, 0.2) is 94.6 Å². The van der Waals surface area contributed by atoms with Crippen LogP contribution in [-0.4, -0.2) is 53.5 Å². The van der Waals surface area contributed by atoms with Crippen molar-refractivity contribution in [1.82, 2.24) is 14.5 Å². The van der Waals surface area contributed by atoms with E-state index in [1.807, 2.05) is 6.92 Å². The second kappa shape index (κ2) is 22.7. The highest BCUT2D eigenvalue weighted by atomic mass is 35.5. The predicted molar refractivity (Wildman–Crippen MR) is 251 cm³/mol. The van der Waals surface area contributed by atoms with Gasteiger partial charge in [-0.1, -0.05) is 143 Å². The minimum absolute atomic E-state index is 0.0162. The molecule has 2 N–H and O–H groups in total. The van der Waals surface area contributed by atoms with Crippen LogP contribution >= 0.6 is 34.8 Å². The number of carbonyl (C=O) groups excluding carboxylic acids is 3. The van der Waals surface area contributed by atoms with Crippen molar-refractivity contribution >= 4 is 85.0 Å². The number of imide groups is 1. The lowest BCUT2D eigenvalue weighted by Gasteiger charge is -2.26. The van der Waals surface area contributed by atoms with E-state index in [0.29, 0.717) is 29.8 Å². The molecule has 64 heavy (non-hydrogen) atoms. The molecule has 3 amide bonds. The Kier molecular flexibility index (Phi) is 17.1. The van der Waals surface area contributed by atoms with Crippen LogP contribution in [0.5, 0.6) is 5.75 Å². The lowest BCUT2D eigenvalue weighted by Crippen LogP contribution is -2.44. The second-order valence-corrected chi connectivity index (χ2v) is 18.5. The zero-order chi connectivity index (χ0) is 45.8. The smallest absolute Gasteiger partial charge is 0.418 e. The molecule has 1 aromatic heterocycles. The molecule has 2 atom stereocenters. The number of benzene rings is 4. The third-order valence-corrected chi connectivity index (χ3v) is 13.3. The van der Waals surface area contributed by atoms with Gasteiger partial charge in [0.15, 0.2) is 12.1 Å². The van der Waals surface area contributed by atoms with Gasteiger partial charge in [0.2, 0.25) is 0 Å². The van der Waals surface area contributed by atoms with Gasteiger partial charge in [-0.05, 0) is 73.9 Å². The number of anilines is 2. The normalized spacial score (nSPS) is 14.5. The van der Waals surface area contributed by atoms with E-state index in [9.17, 15) is 22.8 Å². The van der Waals surface area contributed by atoms with Crippen LogP contribution in [0.4, 0.5) is 16.2 Å². The topological polar surface area (TPSA) is 166 Å². The fraction of sp³-hybridized carbons (Fsp3) is 0.383. The zero-order valence-corrected chi connectivity index (χ0v) is 38.9. The average Bonchev–Trinajstić information content (AvgIpc) is 3.55. The highest BCUT2D eigenvalue weighted by Crippen LogP contribution is 2.37. The largest absolute Gasteiger partial charge is 0.491 e. The molecule has 1 aliphatic heterocycles. The number of hydrogen-bond acceptors (Lipinski definition) is 9. The molecule has 6 rings (SSSR count). The summed E-state index contributed by atoms with van der Waals surface area (Å²) in [7, 11) is -4.42. The average molecular weight is 953 g/mol. The summed E-state index contributed by atoms with van der Waals surface area (Å²) in [5.74, 6) is -1.96. The summed E-state index contributed by atoms with van der Waals surface area (Å²) in [5.41, 5.74) is -0.208. The Morgan fingerprint density at radius 2 is 1.41 bits per heavy atom. The number of amides is 3. The molecule has 1 fully saturated rings. The Labute approximate surface area is 388 Å². The Balaban J connectivity index is 1.39. The first-order chi connectivity index (χ1) is 30.8. The van der Waals surface area contributed by atoms with Gasteiger partial charge < -0.3 is 14.8 Å². The lowest BCUT2D eigenvalue weighted by molar-refractivity contribution is -0.135. The number of aromatic nitrogens is 2. The number of ether oxygens (including phenoxy) is 2. The number of halogens is 3. The molecule has 0 radical (unpaired) electrons. The van der Waals surface area contributed by atoms with E-state index in [1.54, 1.807) is 54.6 Å². The van der Waals surface area contributed by atoms with Crippen molar-refractivity contribution in [1.29, 1.82) is 0 Å². The molecule has 5 aromatic rings. The van der Waals surface area contributed by atoms with Crippen molar-refractivity contribution in [2.24, 2.45) is 0 Å². The van der Waals surface area contributed by atoms with E-state index in [2.05, 4.69) is 17.0 Å². The number of fused-ring (bicyclic) bond motifs is 1. The molecular weight excluding hydrogens is 901 g/mol. The molecule has 13 nitrogen and oxygen atoms in total. The fourth-order valence-corrected chi connectivity index (χ4v) is 9.21. The first kappa shape index (κ1) is 48.3. The maximum absolute atomic E-state index is 15.1. The fourth-order valence-electron chi connectivity index (χ4n) is 7.47. The molecule has 0 bridgehead atoms. The Bertz CT molecular complexity index is 2630. The van der Waals surface area contributed by atoms with Gasteiger partial charge in [-0.3, -0.25) is 23.7 Å². The van der Waals surface area contributed by atoms with Crippen LogP contribution in [0.2, 0.25) is 15.1 Å². The van der Waals surface area contributed by atoms with Gasteiger partial charge in [-0.2, -0.15) is 0 Å². The quantitative estimate of drug-likeness (QED) is 0.0478. The van der Waals surface area contributed by atoms with Crippen LogP contribution in [-0.2, 0) is 24.3 Å². The number of rotatable bonds is 23. The second-order valence-electron chi connectivity index (χ2n) is 15.6. The van der Waals surface area contributed by atoms with Gasteiger partial charge in [0.1, 0.15) is 11.6 Å². The molecule has 1 saturated heterocycles. The van der Waals surface area contributed by atoms with Crippen LogP contribution in [0.1, 0.15) is 109 Å². The highest BCUT2D eigenvalue weighted by molar-refractivity contribution is 7.92. The molecular formula is C47H52Cl3N5O8S. The van der Waals surface area contributed by atoms with E-state index in [-0.39, 0.29) is 66.8 Å². The van der Waals surface area contributed by atoms with Crippen LogP contribution in [0, 0.1) is 0 Å². The van der Waals surface area contributed by atoms with E-state index in [0.717, 1.165) is 25.7 Å². The van der Waals surface area contributed by atoms with Gasteiger partial charge in [-0.25, -0.2) is 23.1 Å². The van der Waals surface area contributed by atoms with Gasteiger partial charge >= 0.3 is 6.09 Å². The summed E-state index contributed by atoms with van der Waals surface area (Å²) >= 11 is 18.6. The van der Waals surface area contributed by atoms with Gasteiger partial charge in [0.05, 0.1) is 54.5 Å². The van der Waals surface area contributed by atoms with Crippen molar-refractivity contribution in [3.8, 4) is 11.4 Å². The summed E-state index contributed by atoms with van der Waals surface area (Å²) in [6, 6.07) is 19.4. The highest BCUT2D eigenvalue weighted by Gasteiger charge is 2.49. The third-order valence-electron chi connectivity index (χ3n) is 10.9. The summed E-state index contributed by atoms with van der Waals surface area (Å²) in [6.07, 6.45) is 10.2. The van der Waals surface area contributed by atoms with Gasteiger partial charge in [0, 0.05) is 0 Å². The molecule has 0 spiro atoms. The van der Waals surface area contributed by atoms with E-state index < -0.39 is 45.6 Å². The molecule has 0 aliphatic carbocycles. The maximum atomic E-state index is 15.1. The number of carbonyl (C=O) groups is 3. The van der Waals surface area contributed by atoms with Crippen molar-refractivity contribution in [2.75, 3.05) is 16.6 Å². The number of hydrogen-bond donors (Lipinski definition) is 2. The molecule has 17 heteroatoms. The summed E-state index contributed by atoms with van der Waals surface area (Å²) in [5, 5.41) is 3.13. The standard InChI is InChI=1S/C47H52Cl3N5O8S/c1-3-5-7-8-9-10-11-12-13-19-27-62-40-26-25-32(64(60,61)53-38-30-35(49)34(48)29-36(38)50)28-39(40)52-44(56)42(55-46(58)41(24-6-4-2)63-47(55)59)43-51-37-23-18-17-22-33(37)45(57)54(43)31-20-15-14-16-21-31/h14-18,20-23,25-26,28-30,41-42,53H,3-13,19,24,27H2,1-2H3,(H,52,56). The number of para-hydroxylation sites is 2. The molecule has 2 heterocycles. The lowest BCUT2D eigenvalue weighted by atomic mass is 10.1. The summed E-state index contributed by atoms with van der Waals surface area (Å²) in [4.78, 5) is 62.5. The van der Waals surface area contributed by atoms with Crippen molar-refractivity contribution in [2.45, 2.75) is 114 Å². The molecule has 340 valence electrons. The van der Waals surface area contributed by atoms with Crippen LogP contribution in [0.3, 0.4) is 0 Å². The minimum Gasteiger partial charge on any atom is -0.491 e. The van der Waals surface area contributed by atoms with Crippen molar-refractivity contribution in [3.63, 3.8) is 0 Å². The molecule has 1 aliphatic rings. The predicted octanol–water partition coefficient (Wildman–Crippen LogP) is 11.7. The van der Waals surface area contributed by atoms with Gasteiger partial charge in [-0.15, -0.1) is 0 Å². The van der Waals surface area contributed by atoms with Crippen molar-refractivity contribution < 1.29 is 32.3 Å². The van der Waals surface area contributed by atoms with Crippen molar-refractivity contribution in [3.05, 3.63) is 116 Å². The zero-order valence-electron chi connectivity index (χ0n) is 35.8. The summed E-state index contributed by atoms with van der Waals surface area (Å²) in [6.45, 7) is 4.36. The maximum Gasteiger partial charge on any atom is 0.418 e. The Hall–Kier alpha value is -5.15. The minimum atomic E-state index is -4.42. The van der Waals surface area contributed by atoms with Crippen LogP contribution in [0.25, 0.3) is 16.6 Å². The van der Waals surface area contributed by atoms with E-state index in [4.69, 9.17) is 49.3 Å².